The maximum absolute atomic E-state index is 7.73. The lowest BCUT2D eigenvalue weighted by atomic mass is 10.00. The van der Waals surface area contributed by atoms with Crippen molar-refractivity contribution in [3.63, 3.8) is 0 Å². The van der Waals surface area contributed by atoms with E-state index >= 15 is 0 Å². The quantitative estimate of drug-likeness (QED) is 0.492. The lowest BCUT2D eigenvalue weighted by Crippen LogP contribution is -2.00. The standard InChI is InChI=1S/C16H27N/c1-12(2)10-11-15(13(3)4)8-7-9-16(17)14(5)6/h7-14,17H,1-6H3/b9-7-,11-10+,15-8-,17-16?. The Hall–Kier alpha value is -1.11. The van der Waals surface area contributed by atoms with E-state index in [0.717, 1.165) is 0 Å². The Morgan fingerprint density at radius 3 is 1.88 bits per heavy atom. The van der Waals surface area contributed by atoms with E-state index in [1.54, 1.807) is 0 Å². The minimum absolute atomic E-state index is 0.299. The number of nitrogens with one attached hydrogen (secondary N) is 1. The van der Waals surface area contributed by atoms with E-state index in [4.69, 9.17) is 5.41 Å². The van der Waals surface area contributed by atoms with Crippen molar-refractivity contribution in [2.45, 2.75) is 41.5 Å². The molecule has 96 valence electrons. The summed E-state index contributed by atoms with van der Waals surface area (Å²) in [5.41, 5.74) is 1.99. The molecular formula is C16H27N. The Bertz CT molecular complexity index is 314. The van der Waals surface area contributed by atoms with Gasteiger partial charge in [0.2, 0.25) is 0 Å². The van der Waals surface area contributed by atoms with E-state index in [-0.39, 0.29) is 0 Å². The van der Waals surface area contributed by atoms with E-state index in [1.807, 2.05) is 26.0 Å². The maximum Gasteiger partial charge on any atom is 0.0339 e. The number of allylic oxidation sites excluding steroid dienone is 6. The molecule has 1 N–H and O–H groups in total. The SMILES string of the molecule is CC(C)/C=C/C(=C/C=C\C(=N)C(C)C)C(C)C. The van der Waals surface area contributed by atoms with Crippen molar-refractivity contribution in [1.29, 1.82) is 5.41 Å². The second kappa shape index (κ2) is 8.05. The van der Waals surface area contributed by atoms with Gasteiger partial charge < -0.3 is 5.41 Å². The van der Waals surface area contributed by atoms with Crippen LogP contribution in [-0.2, 0) is 0 Å². The fourth-order valence-electron chi connectivity index (χ4n) is 1.20. The second-order valence-electron chi connectivity index (χ2n) is 5.39. The largest absolute Gasteiger partial charge is 0.305 e. The van der Waals surface area contributed by atoms with Gasteiger partial charge in [0.05, 0.1) is 0 Å². The van der Waals surface area contributed by atoms with Crippen molar-refractivity contribution in [3.05, 3.63) is 36.0 Å². The first-order valence-electron chi connectivity index (χ1n) is 6.49. The van der Waals surface area contributed by atoms with Crippen LogP contribution in [0.25, 0.3) is 0 Å². The molecule has 0 saturated carbocycles. The Kier molecular flexibility index (Phi) is 7.53. The van der Waals surface area contributed by atoms with Crippen LogP contribution in [0.4, 0.5) is 0 Å². The van der Waals surface area contributed by atoms with Crippen molar-refractivity contribution in [2.75, 3.05) is 0 Å². The van der Waals surface area contributed by atoms with Crippen LogP contribution in [0, 0.1) is 23.2 Å². The zero-order valence-electron chi connectivity index (χ0n) is 12.1. The van der Waals surface area contributed by atoms with Crippen LogP contribution in [-0.4, -0.2) is 5.71 Å². The van der Waals surface area contributed by atoms with Gasteiger partial charge in [-0.15, -0.1) is 0 Å². The van der Waals surface area contributed by atoms with Crippen LogP contribution in [0.2, 0.25) is 0 Å². The maximum atomic E-state index is 7.73. The summed E-state index contributed by atoms with van der Waals surface area (Å²) < 4.78 is 0. The van der Waals surface area contributed by atoms with E-state index in [1.165, 1.54) is 5.57 Å². The minimum atomic E-state index is 0.299. The van der Waals surface area contributed by atoms with Crippen LogP contribution >= 0.6 is 0 Å². The summed E-state index contributed by atoms with van der Waals surface area (Å²) >= 11 is 0. The fourth-order valence-corrected chi connectivity index (χ4v) is 1.20. The van der Waals surface area contributed by atoms with Gasteiger partial charge in [0.25, 0.3) is 0 Å². The molecule has 0 bridgehead atoms. The first-order valence-corrected chi connectivity index (χ1v) is 6.49. The van der Waals surface area contributed by atoms with Crippen molar-refractivity contribution in [1.82, 2.24) is 0 Å². The lowest BCUT2D eigenvalue weighted by molar-refractivity contribution is 0.780. The third-order valence-corrected chi connectivity index (χ3v) is 2.53. The van der Waals surface area contributed by atoms with Crippen LogP contribution in [0.3, 0.4) is 0 Å². The van der Waals surface area contributed by atoms with Crippen LogP contribution < -0.4 is 0 Å². The van der Waals surface area contributed by atoms with E-state index in [0.29, 0.717) is 23.5 Å². The van der Waals surface area contributed by atoms with Gasteiger partial charge in [-0.3, -0.25) is 0 Å². The molecule has 1 heteroatoms. The normalized spacial score (nSPS) is 13.8. The van der Waals surface area contributed by atoms with Crippen molar-refractivity contribution >= 4 is 5.71 Å². The Balaban J connectivity index is 4.67. The summed E-state index contributed by atoms with van der Waals surface area (Å²) in [6.07, 6.45) is 10.4. The van der Waals surface area contributed by atoms with Gasteiger partial charge in [0.15, 0.2) is 0 Å². The Morgan fingerprint density at radius 1 is 0.882 bits per heavy atom. The Labute approximate surface area is 107 Å². The monoisotopic (exact) mass is 233 g/mol. The van der Waals surface area contributed by atoms with Gasteiger partial charge in [0.1, 0.15) is 0 Å². The molecule has 0 fully saturated rings. The molecule has 0 aromatic carbocycles. The van der Waals surface area contributed by atoms with E-state index < -0.39 is 0 Å². The highest BCUT2D eigenvalue weighted by atomic mass is 14.4. The van der Waals surface area contributed by atoms with Gasteiger partial charge in [-0.1, -0.05) is 65.8 Å². The summed E-state index contributed by atoms with van der Waals surface area (Å²) in [6.45, 7) is 12.8. The summed E-state index contributed by atoms with van der Waals surface area (Å²) in [5, 5.41) is 7.73. The zero-order valence-corrected chi connectivity index (χ0v) is 12.1. The highest BCUT2D eigenvalue weighted by molar-refractivity contribution is 5.93. The lowest BCUT2D eigenvalue weighted by Gasteiger charge is -2.06. The van der Waals surface area contributed by atoms with Crippen LogP contribution in [0.15, 0.2) is 36.0 Å². The van der Waals surface area contributed by atoms with Gasteiger partial charge in [-0.2, -0.15) is 0 Å². The average Bonchev–Trinajstić information content (AvgIpc) is 2.21. The molecule has 0 aliphatic heterocycles. The Morgan fingerprint density at radius 2 is 1.47 bits per heavy atom. The van der Waals surface area contributed by atoms with Crippen LogP contribution in [0.5, 0.6) is 0 Å². The van der Waals surface area contributed by atoms with Crippen LogP contribution in [0.1, 0.15) is 41.5 Å². The van der Waals surface area contributed by atoms with Gasteiger partial charge in [-0.25, -0.2) is 0 Å². The predicted molar refractivity (Wildman–Crippen MR) is 78.6 cm³/mol. The van der Waals surface area contributed by atoms with Crippen molar-refractivity contribution in [3.8, 4) is 0 Å². The molecule has 0 unspecified atom stereocenters. The highest BCUT2D eigenvalue weighted by Crippen LogP contribution is 2.12. The van der Waals surface area contributed by atoms with Crippen molar-refractivity contribution < 1.29 is 0 Å². The van der Waals surface area contributed by atoms with E-state index in [2.05, 4.69) is 45.9 Å². The molecule has 0 radical (unpaired) electrons. The first-order chi connectivity index (χ1) is 7.84. The molecule has 0 rings (SSSR count). The third kappa shape index (κ3) is 7.73. The highest BCUT2D eigenvalue weighted by Gasteiger charge is 1.99. The molecule has 0 spiro atoms. The number of hydrogen-bond acceptors (Lipinski definition) is 1. The topological polar surface area (TPSA) is 23.9 Å². The number of hydrogen-bond donors (Lipinski definition) is 1. The van der Waals surface area contributed by atoms with E-state index in [9.17, 15) is 0 Å². The molecular weight excluding hydrogens is 206 g/mol. The predicted octanol–water partition coefficient (Wildman–Crippen LogP) is 5.01. The van der Waals surface area contributed by atoms with Gasteiger partial charge >= 0.3 is 0 Å². The molecule has 0 saturated heterocycles. The molecule has 0 heterocycles. The average molecular weight is 233 g/mol. The summed E-state index contributed by atoms with van der Waals surface area (Å²) in [7, 11) is 0. The molecule has 0 atom stereocenters. The molecule has 1 nitrogen and oxygen atoms in total. The number of rotatable bonds is 6. The molecule has 0 amide bonds. The molecule has 0 aromatic rings. The zero-order chi connectivity index (χ0) is 13.4. The summed E-state index contributed by atoms with van der Waals surface area (Å²) in [4.78, 5) is 0. The van der Waals surface area contributed by atoms with Crippen molar-refractivity contribution in [2.24, 2.45) is 17.8 Å². The van der Waals surface area contributed by atoms with Gasteiger partial charge in [0, 0.05) is 5.71 Å². The second-order valence-corrected chi connectivity index (χ2v) is 5.39. The fraction of sp³-hybridized carbons (Fsp3) is 0.562. The molecule has 17 heavy (non-hydrogen) atoms. The minimum Gasteiger partial charge on any atom is -0.305 e. The smallest absolute Gasteiger partial charge is 0.0339 e. The first kappa shape index (κ1) is 15.9. The molecule has 0 aliphatic rings. The molecule has 0 aromatic heterocycles. The summed E-state index contributed by atoms with van der Waals surface area (Å²) in [5.74, 6) is 1.39. The third-order valence-electron chi connectivity index (χ3n) is 2.53. The summed E-state index contributed by atoms with van der Waals surface area (Å²) in [6, 6.07) is 0. The van der Waals surface area contributed by atoms with Gasteiger partial charge in [-0.05, 0) is 29.4 Å². The molecule has 0 aliphatic carbocycles.